The van der Waals surface area contributed by atoms with Crippen molar-refractivity contribution in [2.24, 2.45) is 22.7 Å². The Kier molecular flexibility index (Phi) is 8.18. The number of nitrogens with zero attached hydrogens (tertiary/aromatic N) is 1. The van der Waals surface area contributed by atoms with Crippen LogP contribution in [0, 0.1) is 17.8 Å². The Balaban J connectivity index is 1.13. The third-order valence-corrected chi connectivity index (χ3v) is 9.25. The molecule has 0 radical (unpaired) electrons. The standard InChI is InChI=1S/C34H47NO/c1-4-5-6-7-8-9-25-10-11-32-23-31(21-20-30(32)22-25)28-14-12-26(13-15-28)27-16-18-29(19-17-27)33-35-34(2,3)24-36-33/h12-19,25,30-32H,4-11,20-24H2,1-3H3. The molecule has 36 heavy (non-hydrogen) atoms. The smallest absolute Gasteiger partial charge is 0.216 e. The molecule has 4 unspecified atom stereocenters. The van der Waals surface area contributed by atoms with Gasteiger partial charge in [0.1, 0.15) is 6.61 Å². The lowest BCUT2D eigenvalue weighted by atomic mass is 9.63. The predicted molar refractivity (Wildman–Crippen MR) is 153 cm³/mol. The highest BCUT2D eigenvalue weighted by molar-refractivity contribution is 5.95. The zero-order chi connectivity index (χ0) is 25.0. The van der Waals surface area contributed by atoms with Crippen molar-refractivity contribution in [2.45, 2.75) is 109 Å². The lowest BCUT2D eigenvalue weighted by Crippen LogP contribution is -2.30. The van der Waals surface area contributed by atoms with Crippen molar-refractivity contribution in [3.05, 3.63) is 59.7 Å². The fourth-order valence-electron chi connectivity index (χ4n) is 7.07. The normalized spacial score (nSPS) is 27.2. The van der Waals surface area contributed by atoms with E-state index in [-0.39, 0.29) is 5.54 Å². The second-order valence-electron chi connectivity index (χ2n) is 12.6. The molecule has 0 spiro atoms. The predicted octanol–water partition coefficient (Wildman–Crippen LogP) is 9.57. The van der Waals surface area contributed by atoms with E-state index in [0.717, 1.165) is 35.1 Å². The van der Waals surface area contributed by atoms with Crippen molar-refractivity contribution < 1.29 is 4.74 Å². The van der Waals surface area contributed by atoms with Gasteiger partial charge in [0, 0.05) is 5.56 Å². The minimum Gasteiger partial charge on any atom is -0.475 e. The molecular weight excluding hydrogens is 438 g/mol. The van der Waals surface area contributed by atoms with Crippen LogP contribution >= 0.6 is 0 Å². The number of aliphatic imine (C=N–C) groups is 1. The third-order valence-electron chi connectivity index (χ3n) is 9.25. The molecule has 0 saturated heterocycles. The van der Waals surface area contributed by atoms with Gasteiger partial charge >= 0.3 is 0 Å². The number of hydrogen-bond donors (Lipinski definition) is 0. The number of hydrogen-bond acceptors (Lipinski definition) is 2. The summed E-state index contributed by atoms with van der Waals surface area (Å²) in [6.07, 6.45) is 17.4. The minimum absolute atomic E-state index is 0.115. The number of benzene rings is 2. The monoisotopic (exact) mass is 485 g/mol. The van der Waals surface area contributed by atoms with Gasteiger partial charge in [0.2, 0.25) is 5.90 Å². The van der Waals surface area contributed by atoms with E-state index in [1.165, 1.54) is 88.2 Å². The van der Waals surface area contributed by atoms with Gasteiger partial charge < -0.3 is 4.74 Å². The lowest BCUT2D eigenvalue weighted by molar-refractivity contribution is 0.113. The van der Waals surface area contributed by atoms with Crippen LogP contribution < -0.4 is 0 Å². The molecule has 0 N–H and O–H groups in total. The topological polar surface area (TPSA) is 21.6 Å². The largest absolute Gasteiger partial charge is 0.475 e. The number of rotatable bonds is 9. The fourth-order valence-corrected chi connectivity index (χ4v) is 7.07. The number of unbranched alkanes of at least 4 members (excludes halogenated alkanes) is 4. The van der Waals surface area contributed by atoms with Crippen LogP contribution in [0.5, 0.6) is 0 Å². The summed E-state index contributed by atoms with van der Waals surface area (Å²) in [5.74, 6) is 4.53. The van der Waals surface area contributed by atoms with Crippen molar-refractivity contribution in [3.8, 4) is 11.1 Å². The molecule has 4 atom stereocenters. The van der Waals surface area contributed by atoms with Crippen LogP contribution in [0.15, 0.2) is 53.5 Å². The zero-order valence-electron chi connectivity index (χ0n) is 23.0. The Hall–Kier alpha value is -2.09. The van der Waals surface area contributed by atoms with E-state index in [4.69, 9.17) is 9.73 Å². The zero-order valence-corrected chi connectivity index (χ0v) is 23.0. The summed E-state index contributed by atoms with van der Waals surface area (Å²) < 4.78 is 5.81. The van der Waals surface area contributed by atoms with Gasteiger partial charge in [-0.1, -0.05) is 88.3 Å². The van der Waals surface area contributed by atoms with Gasteiger partial charge in [-0.15, -0.1) is 0 Å². The van der Waals surface area contributed by atoms with Crippen LogP contribution in [0.2, 0.25) is 0 Å². The first-order valence-electron chi connectivity index (χ1n) is 14.9. The Morgan fingerprint density at radius 3 is 2.08 bits per heavy atom. The average Bonchev–Trinajstić information content (AvgIpc) is 3.28. The van der Waals surface area contributed by atoms with E-state index in [0.29, 0.717) is 6.61 Å². The highest BCUT2D eigenvalue weighted by Crippen LogP contribution is 2.48. The Morgan fingerprint density at radius 1 is 0.750 bits per heavy atom. The molecule has 1 heterocycles. The molecule has 2 aliphatic carbocycles. The molecule has 1 aliphatic heterocycles. The molecule has 2 nitrogen and oxygen atoms in total. The lowest BCUT2D eigenvalue weighted by Gasteiger charge is -2.42. The second-order valence-corrected chi connectivity index (χ2v) is 12.6. The van der Waals surface area contributed by atoms with E-state index in [1.807, 2.05) is 0 Å². The van der Waals surface area contributed by atoms with Gasteiger partial charge in [0.15, 0.2) is 0 Å². The summed E-state index contributed by atoms with van der Waals surface area (Å²) in [5.41, 5.74) is 5.08. The molecule has 194 valence electrons. The van der Waals surface area contributed by atoms with Crippen molar-refractivity contribution in [3.63, 3.8) is 0 Å². The van der Waals surface area contributed by atoms with Gasteiger partial charge in [-0.3, -0.25) is 0 Å². The van der Waals surface area contributed by atoms with E-state index in [2.05, 4.69) is 69.3 Å². The van der Waals surface area contributed by atoms with Crippen LogP contribution in [0.4, 0.5) is 0 Å². The minimum atomic E-state index is -0.115. The first-order chi connectivity index (χ1) is 17.5. The summed E-state index contributed by atoms with van der Waals surface area (Å²) >= 11 is 0. The van der Waals surface area contributed by atoms with Gasteiger partial charge in [0.05, 0.1) is 5.54 Å². The Bertz CT molecular complexity index is 1000. The molecule has 2 aromatic rings. The molecule has 3 aliphatic rings. The van der Waals surface area contributed by atoms with Gasteiger partial charge in [-0.25, -0.2) is 4.99 Å². The highest BCUT2D eigenvalue weighted by Gasteiger charge is 2.35. The van der Waals surface area contributed by atoms with Crippen molar-refractivity contribution in [1.82, 2.24) is 0 Å². The summed E-state index contributed by atoms with van der Waals surface area (Å²) in [5, 5.41) is 0. The highest BCUT2D eigenvalue weighted by atomic mass is 16.5. The second kappa shape index (κ2) is 11.5. The molecule has 0 aromatic heterocycles. The first kappa shape index (κ1) is 25.6. The molecule has 0 bridgehead atoms. The maximum atomic E-state index is 5.81. The molecule has 2 aromatic carbocycles. The first-order valence-corrected chi connectivity index (χ1v) is 14.9. The summed E-state index contributed by atoms with van der Waals surface area (Å²) in [7, 11) is 0. The maximum absolute atomic E-state index is 5.81. The van der Waals surface area contributed by atoms with E-state index >= 15 is 0 Å². The summed E-state index contributed by atoms with van der Waals surface area (Å²) in [6, 6.07) is 18.2. The summed E-state index contributed by atoms with van der Waals surface area (Å²) in [6.45, 7) is 7.20. The van der Waals surface area contributed by atoms with Gasteiger partial charge in [-0.2, -0.15) is 0 Å². The van der Waals surface area contributed by atoms with Crippen LogP contribution in [0.3, 0.4) is 0 Å². The van der Waals surface area contributed by atoms with Crippen LogP contribution in [0.25, 0.3) is 11.1 Å². The summed E-state index contributed by atoms with van der Waals surface area (Å²) in [4.78, 5) is 4.71. The van der Waals surface area contributed by atoms with Crippen molar-refractivity contribution in [2.75, 3.05) is 6.61 Å². The quantitative estimate of drug-likeness (QED) is 0.324. The van der Waals surface area contributed by atoms with E-state index in [1.54, 1.807) is 5.56 Å². The van der Waals surface area contributed by atoms with Crippen molar-refractivity contribution in [1.29, 1.82) is 0 Å². The molecule has 0 amide bonds. The molecule has 2 heteroatoms. The van der Waals surface area contributed by atoms with Gasteiger partial charge in [-0.05, 0) is 98.4 Å². The average molecular weight is 486 g/mol. The molecule has 2 fully saturated rings. The van der Waals surface area contributed by atoms with Gasteiger partial charge in [0.25, 0.3) is 0 Å². The Labute approximate surface area is 220 Å². The molecular formula is C34H47NO. The van der Waals surface area contributed by atoms with Crippen molar-refractivity contribution >= 4 is 5.90 Å². The van der Waals surface area contributed by atoms with Crippen LogP contribution in [0.1, 0.15) is 115 Å². The SMILES string of the molecule is CCCCCCCC1CCC2CC(c3ccc(-c4ccc(C5=NC(C)(C)CO5)cc4)cc3)CCC2C1. The fraction of sp³-hybridized carbons (Fsp3) is 0.618. The number of ether oxygens (including phenoxy) is 1. The van der Waals surface area contributed by atoms with E-state index < -0.39 is 0 Å². The van der Waals surface area contributed by atoms with Crippen LogP contribution in [-0.4, -0.2) is 18.0 Å². The third kappa shape index (κ3) is 6.24. The molecule has 2 saturated carbocycles. The Morgan fingerprint density at radius 2 is 1.39 bits per heavy atom. The van der Waals surface area contributed by atoms with E-state index in [9.17, 15) is 0 Å². The maximum Gasteiger partial charge on any atom is 0.216 e. The van der Waals surface area contributed by atoms with Crippen LogP contribution in [-0.2, 0) is 4.74 Å². The number of fused-ring (bicyclic) bond motifs is 1. The molecule has 5 rings (SSSR count).